The van der Waals surface area contributed by atoms with Crippen molar-refractivity contribution in [2.75, 3.05) is 33.1 Å². The fourth-order valence-corrected chi connectivity index (χ4v) is 4.84. The Kier molecular flexibility index (Phi) is 9.93. The van der Waals surface area contributed by atoms with Crippen LogP contribution in [0.3, 0.4) is 0 Å². The number of hydrogen-bond acceptors (Lipinski definition) is 6. The summed E-state index contributed by atoms with van der Waals surface area (Å²) >= 11 is 0. The zero-order valence-corrected chi connectivity index (χ0v) is 22.0. The zero-order chi connectivity index (χ0) is 27.8. The minimum Gasteiger partial charge on any atom is -0.494 e. The Balaban J connectivity index is 1.67. The molecular weight excluding hydrogens is 519 g/mol. The zero-order valence-electron chi connectivity index (χ0n) is 21.2. The Hall–Kier alpha value is -3.37. The van der Waals surface area contributed by atoms with Crippen molar-refractivity contribution in [2.24, 2.45) is 0 Å². The second-order valence-electron chi connectivity index (χ2n) is 8.83. The van der Waals surface area contributed by atoms with Gasteiger partial charge in [0.25, 0.3) is 0 Å². The van der Waals surface area contributed by atoms with Gasteiger partial charge in [0.15, 0.2) is 9.84 Å². The number of carbonyl (C=O) groups is 1. The maximum Gasteiger partial charge on any atom is 0.416 e. The number of ether oxygens (including phenoxy) is 2. The molecule has 0 amide bonds. The van der Waals surface area contributed by atoms with Crippen LogP contribution < -0.4 is 4.74 Å². The van der Waals surface area contributed by atoms with Crippen LogP contribution in [0.4, 0.5) is 13.2 Å². The number of rotatable bonds is 12. The van der Waals surface area contributed by atoms with E-state index in [4.69, 9.17) is 4.74 Å². The summed E-state index contributed by atoms with van der Waals surface area (Å²) in [6.45, 7) is 1.75. The van der Waals surface area contributed by atoms with Crippen LogP contribution in [0, 0.1) is 0 Å². The standard InChI is InChI=1S/C28H30F3NO5S/c1-36-27(33)25-13-12-24(19-26(25)38(2,34)35)37-17-7-15-32(16-14-21-8-4-3-5-9-21)20-22-10-6-11-23(18-22)28(29,30)31/h3-6,8-13,18-19H,7,14-17,20H2,1-2H3. The predicted octanol–water partition coefficient (Wildman–Crippen LogP) is 5.41. The Bertz CT molecular complexity index is 1330. The maximum absolute atomic E-state index is 13.2. The van der Waals surface area contributed by atoms with Gasteiger partial charge >= 0.3 is 12.1 Å². The fourth-order valence-electron chi connectivity index (χ4n) is 3.96. The monoisotopic (exact) mass is 549 g/mol. The highest BCUT2D eigenvalue weighted by molar-refractivity contribution is 7.90. The van der Waals surface area contributed by atoms with E-state index >= 15 is 0 Å². The first-order valence-corrected chi connectivity index (χ1v) is 13.8. The summed E-state index contributed by atoms with van der Waals surface area (Å²) < 4.78 is 74.3. The Morgan fingerprint density at radius 1 is 0.921 bits per heavy atom. The normalized spacial score (nSPS) is 11.9. The van der Waals surface area contributed by atoms with E-state index in [1.807, 2.05) is 30.3 Å². The van der Waals surface area contributed by atoms with Gasteiger partial charge in [-0.3, -0.25) is 4.90 Å². The van der Waals surface area contributed by atoms with E-state index < -0.39 is 27.5 Å². The van der Waals surface area contributed by atoms with E-state index in [9.17, 15) is 26.4 Å². The van der Waals surface area contributed by atoms with Gasteiger partial charge in [-0.25, -0.2) is 13.2 Å². The number of halogens is 3. The molecule has 0 aliphatic heterocycles. The van der Waals surface area contributed by atoms with Crippen molar-refractivity contribution < 1.29 is 35.9 Å². The van der Waals surface area contributed by atoms with Crippen molar-refractivity contribution in [2.45, 2.75) is 30.5 Å². The van der Waals surface area contributed by atoms with E-state index in [-0.39, 0.29) is 22.8 Å². The summed E-state index contributed by atoms with van der Waals surface area (Å²) in [4.78, 5) is 13.8. The third-order valence-electron chi connectivity index (χ3n) is 5.87. The van der Waals surface area contributed by atoms with Gasteiger partial charge in [-0.15, -0.1) is 0 Å². The molecule has 0 saturated carbocycles. The number of alkyl halides is 3. The number of methoxy groups -OCH3 is 1. The molecule has 10 heteroatoms. The van der Waals surface area contributed by atoms with Gasteiger partial charge in [-0.1, -0.05) is 48.5 Å². The van der Waals surface area contributed by atoms with Gasteiger partial charge in [-0.05, 0) is 48.2 Å². The molecule has 0 aliphatic carbocycles. The van der Waals surface area contributed by atoms with E-state index in [2.05, 4.69) is 9.64 Å². The third kappa shape index (κ3) is 8.59. The summed E-state index contributed by atoms with van der Waals surface area (Å²) in [5.74, 6) is -0.479. The molecule has 3 aromatic carbocycles. The molecule has 0 N–H and O–H groups in total. The lowest BCUT2D eigenvalue weighted by Crippen LogP contribution is -2.28. The molecule has 3 aromatic rings. The summed E-state index contributed by atoms with van der Waals surface area (Å²) in [6.07, 6.45) is -2.14. The number of esters is 1. The van der Waals surface area contributed by atoms with Crippen molar-refractivity contribution in [1.82, 2.24) is 4.90 Å². The second kappa shape index (κ2) is 12.9. The number of nitrogens with zero attached hydrogens (tertiary/aromatic N) is 1. The first-order chi connectivity index (χ1) is 18.0. The van der Waals surface area contributed by atoms with E-state index in [0.29, 0.717) is 31.6 Å². The molecule has 0 spiro atoms. The molecule has 204 valence electrons. The maximum atomic E-state index is 13.2. The predicted molar refractivity (Wildman–Crippen MR) is 138 cm³/mol. The molecule has 0 atom stereocenters. The van der Waals surface area contributed by atoms with Crippen molar-refractivity contribution >= 4 is 15.8 Å². The number of sulfone groups is 1. The first-order valence-electron chi connectivity index (χ1n) is 11.9. The largest absolute Gasteiger partial charge is 0.494 e. The van der Waals surface area contributed by atoms with Crippen LogP contribution in [0.15, 0.2) is 77.7 Å². The van der Waals surface area contributed by atoms with Crippen LogP contribution >= 0.6 is 0 Å². The van der Waals surface area contributed by atoms with Gasteiger partial charge in [0, 0.05) is 25.9 Å². The van der Waals surface area contributed by atoms with Crippen LogP contribution in [-0.4, -0.2) is 52.3 Å². The van der Waals surface area contributed by atoms with Crippen molar-refractivity contribution in [3.05, 3.63) is 95.1 Å². The lowest BCUT2D eigenvalue weighted by molar-refractivity contribution is -0.137. The summed E-state index contributed by atoms with van der Waals surface area (Å²) in [5.41, 5.74) is 0.927. The van der Waals surface area contributed by atoms with Crippen molar-refractivity contribution in [3.63, 3.8) is 0 Å². The lowest BCUT2D eigenvalue weighted by atomic mass is 10.1. The molecular formula is C28H30F3NO5S. The van der Waals surface area contributed by atoms with Crippen LogP contribution in [0.25, 0.3) is 0 Å². The average Bonchev–Trinajstić information content (AvgIpc) is 2.88. The molecule has 0 heterocycles. The number of hydrogen-bond donors (Lipinski definition) is 0. The highest BCUT2D eigenvalue weighted by Crippen LogP contribution is 2.30. The summed E-state index contributed by atoms with van der Waals surface area (Å²) in [7, 11) is -2.54. The highest BCUT2D eigenvalue weighted by Gasteiger charge is 2.30. The smallest absolute Gasteiger partial charge is 0.416 e. The molecule has 0 fully saturated rings. The number of carbonyl (C=O) groups excluding carboxylic acids is 1. The van der Waals surface area contributed by atoms with Gasteiger partial charge < -0.3 is 9.47 Å². The van der Waals surface area contributed by atoms with Gasteiger partial charge in [0.2, 0.25) is 0 Å². The van der Waals surface area contributed by atoms with E-state index in [1.54, 1.807) is 6.07 Å². The first kappa shape index (κ1) is 29.2. The van der Waals surface area contributed by atoms with Crippen molar-refractivity contribution in [3.8, 4) is 5.75 Å². The molecule has 6 nitrogen and oxygen atoms in total. The molecule has 0 saturated heterocycles. The van der Waals surface area contributed by atoms with E-state index in [1.165, 1.54) is 37.4 Å². The van der Waals surface area contributed by atoms with E-state index in [0.717, 1.165) is 24.3 Å². The minimum atomic E-state index is -4.41. The van der Waals surface area contributed by atoms with Crippen LogP contribution in [0.2, 0.25) is 0 Å². The topological polar surface area (TPSA) is 72.9 Å². The molecule has 0 radical (unpaired) electrons. The van der Waals surface area contributed by atoms with Crippen LogP contribution in [-0.2, 0) is 33.7 Å². The number of benzene rings is 3. The third-order valence-corrected chi connectivity index (χ3v) is 7.00. The summed E-state index contributed by atoms with van der Waals surface area (Å²) in [6, 6.07) is 19.3. The van der Waals surface area contributed by atoms with Crippen LogP contribution in [0.1, 0.15) is 33.5 Å². The molecule has 0 bridgehead atoms. The van der Waals surface area contributed by atoms with Gasteiger partial charge in [0.05, 0.1) is 29.7 Å². The Morgan fingerprint density at radius 3 is 2.29 bits per heavy atom. The molecule has 3 rings (SSSR count). The highest BCUT2D eigenvalue weighted by atomic mass is 32.2. The molecule has 0 aliphatic rings. The average molecular weight is 550 g/mol. The molecule has 0 unspecified atom stereocenters. The van der Waals surface area contributed by atoms with Gasteiger partial charge in [-0.2, -0.15) is 13.2 Å². The Morgan fingerprint density at radius 2 is 1.63 bits per heavy atom. The Labute approximate surface area is 220 Å². The fraction of sp³-hybridized carbons (Fsp3) is 0.321. The van der Waals surface area contributed by atoms with Crippen molar-refractivity contribution in [1.29, 1.82) is 0 Å². The molecule has 0 aromatic heterocycles. The second-order valence-corrected chi connectivity index (χ2v) is 10.8. The SMILES string of the molecule is COC(=O)c1ccc(OCCCN(CCc2ccccc2)Cc2cccc(C(F)(F)F)c2)cc1S(C)(=O)=O. The van der Waals surface area contributed by atoms with Crippen LogP contribution in [0.5, 0.6) is 5.75 Å². The summed E-state index contributed by atoms with van der Waals surface area (Å²) in [5, 5.41) is 0. The lowest BCUT2D eigenvalue weighted by Gasteiger charge is -2.23. The minimum absolute atomic E-state index is 0.0736. The quantitative estimate of drug-likeness (QED) is 0.222. The van der Waals surface area contributed by atoms with Gasteiger partial charge in [0.1, 0.15) is 5.75 Å². The molecule has 38 heavy (non-hydrogen) atoms.